The van der Waals surface area contributed by atoms with Gasteiger partial charge in [-0.1, -0.05) is 13.8 Å². The first-order chi connectivity index (χ1) is 13.8. The fraction of sp³-hybridized carbons (Fsp3) is 0.611. The highest BCUT2D eigenvalue weighted by Gasteiger charge is 2.29. The molecular weight excluding hydrogens is 377 g/mol. The molecule has 1 aliphatic rings. The quantitative estimate of drug-likeness (QED) is 0.311. The number of hydrogen-bond acceptors (Lipinski definition) is 8. The van der Waals surface area contributed by atoms with Crippen LogP contribution in [0.25, 0.3) is 0 Å². The van der Waals surface area contributed by atoms with Gasteiger partial charge in [-0.25, -0.2) is 4.98 Å². The lowest BCUT2D eigenvalue weighted by atomic mass is 9.75. The van der Waals surface area contributed by atoms with Crippen molar-refractivity contribution in [2.75, 3.05) is 37.7 Å². The third kappa shape index (κ3) is 6.96. The van der Waals surface area contributed by atoms with Crippen LogP contribution in [0.15, 0.2) is 18.3 Å². The Balaban J connectivity index is 1.96. The van der Waals surface area contributed by atoms with Crippen LogP contribution in [0.5, 0.6) is 0 Å². The van der Waals surface area contributed by atoms with Crippen LogP contribution >= 0.6 is 0 Å². The number of ether oxygens (including phenoxy) is 1. The zero-order chi connectivity index (χ0) is 21.4. The number of nitrogens with zero attached hydrogens (tertiary/aromatic N) is 2. The van der Waals surface area contributed by atoms with E-state index >= 15 is 0 Å². The predicted molar refractivity (Wildman–Crippen MR) is 109 cm³/mol. The summed E-state index contributed by atoms with van der Waals surface area (Å²) in [4.78, 5) is 31.3. The van der Waals surface area contributed by atoms with Crippen LogP contribution in [0.4, 0.5) is 5.82 Å². The van der Waals surface area contributed by atoms with Gasteiger partial charge in [0, 0.05) is 25.8 Å². The largest absolute Gasteiger partial charge is 0.475 e. The highest BCUT2D eigenvalue weighted by Crippen LogP contribution is 2.13. The molecular formula is C18H30BN5O5. The summed E-state index contributed by atoms with van der Waals surface area (Å²) in [7, 11) is -1.70. The summed E-state index contributed by atoms with van der Waals surface area (Å²) >= 11 is 0. The fourth-order valence-corrected chi connectivity index (χ4v) is 3.02. The van der Waals surface area contributed by atoms with Gasteiger partial charge in [0.25, 0.3) is 5.91 Å². The van der Waals surface area contributed by atoms with Gasteiger partial charge in [-0.15, -0.1) is 0 Å². The molecule has 11 heteroatoms. The van der Waals surface area contributed by atoms with Gasteiger partial charge in [0.05, 0.1) is 24.7 Å². The highest BCUT2D eigenvalue weighted by molar-refractivity contribution is 6.43. The van der Waals surface area contributed by atoms with Gasteiger partial charge >= 0.3 is 7.12 Å². The van der Waals surface area contributed by atoms with E-state index in [1.54, 1.807) is 12.1 Å². The number of carbonyl (C=O) groups excluding carboxylic acids is 2. The minimum Gasteiger partial charge on any atom is -0.426 e. The van der Waals surface area contributed by atoms with Crippen molar-refractivity contribution in [2.45, 2.75) is 32.3 Å². The van der Waals surface area contributed by atoms with Gasteiger partial charge in [0.2, 0.25) is 5.91 Å². The number of nitrogens with two attached hydrogens (primary N) is 1. The molecule has 2 amide bonds. The summed E-state index contributed by atoms with van der Waals surface area (Å²) in [6.07, 6.45) is 1.83. The third-order valence-electron chi connectivity index (χ3n) is 4.62. The van der Waals surface area contributed by atoms with E-state index in [9.17, 15) is 19.6 Å². The number of nitrogens with one attached hydrogen (secondary N) is 2. The summed E-state index contributed by atoms with van der Waals surface area (Å²) in [5.41, 5.74) is 5.94. The predicted octanol–water partition coefficient (Wildman–Crippen LogP) is -1.48. The van der Waals surface area contributed by atoms with Crippen molar-refractivity contribution in [1.82, 2.24) is 15.6 Å². The maximum atomic E-state index is 12.5. The zero-order valence-electron chi connectivity index (χ0n) is 16.9. The van der Waals surface area contributed by atoms with Crippen molar-refractivity contribution < 1.29 is 24.4 Å². The number of hydrogen-bond donors (Lipinski definition) is 5. The molecule has 2 rings (SSSR count). The maximum absolute atomic E-state index is 12.5. The lowest BCUT2D eigenvalue weighted by Gasteiger charge is -2.27. The molecule has 10 nitrogen and oxygen atoms in total. The van der Waals surface area contributed by atoms with Crippen LogP contribution in [0.1, 0.15) is 30.6 Å². The van der Waals surface area contributed by atoms with Crippen LogP contribution in [-0.4, -0.2) is 78.8 Å². The summed E-state index contributed by atoms with van der Waals surface area (Å²) in [5, 5.41) is 24.0. The van der Waals surface area contributed by atoms with E-state index in [-0.39, 0.29) is 12.5 Å². The smallest absolute Gasteiger partial charge is 0.426 e. The van der Waals surface area contributed by atoms with E-state index in [0.29, 0.717) is 25.2 Å². The molecule has 1 saturated heterocycles. The second-order valence-electron chi connectivity index (χ2n) is 7.42. The van der Waals surface area contributed by atoms with Crippen molar-refractivity contribution in [3.05, 3.63) is 23.9 Å². The van der Waals surface area contributed by atoms with Crippen molar-refractivity contribution in [3.63, 3.8) is 0 Å². The second-order valence-corrected chi connectivity index (χ2v) is 7.42. The molecule has 2 heterocycles. The first-order valence-corrected chi connectivity index (χ1v) is 9.78. The fourth-order valence-electron chi connectivity index (χ4n) is 3.02. The standard InChI is InChI=1S/C18H30BN5O5/c1-12(2)9-15(19(27)28)23-18(26)14(10-20)22-17(25)13-3-4-16(21-11-13)24-5-7-29-8-6-24/h3-4,11-12,14-15,27-28H,5-10,20H2,1-2H3,(H,22,25)(H,23,26)/t14-,15?/m0/s1. The molecule has 2 atom stereocenters. The van der Waals surface area contributed by atoms with Crippen molar-refractivity contribution in [1.29, 1.82) is 0 Å². The Morgan fingerprint density at radius 3 is 2.48 bits per heavy atom. The summed E-state index contributed by atoms with van der Waals surface area (Å²) in [5.74, 6) is -1.00. The summed E-state index contributed by atoms with van der Waals surface area (Å²) in [6.45, 7) is 6.42. The zero-order valence-corrected chi connectivity index (χ0v) is 16.9. The summed E-state index contributed by atoms with van der Waals surface area (Å²) < 4.78 is 5.31. The molecule has 1 fully saturated rings. The molecule has 1 aliphatic heterocycles. The van der Waals surface area contributed by atoms with E-state index in [1.807, 2.05) is 13.8 Å². The Morgan fingerprint density at radius 1 is 1.28 bits per heavy atom. The van der Waals surface area contributed by atoms with E-state index < -0.39 is 30.9 Å². The van der Waals surface area contributed by atoms with Gasteiger partial charge in [-0.3, -0.25) is 9.59 Å². The molecule has 0 bridgehead atoms. The van der Waals surface area contributed by atoms with Crippen molar-refractivity contribution in [2.24, 2.45) is 11.7 Å². The topological polar surface area (TPSA) is 150 Å². The van der Waals surface area contributed by atoms with E-state index in [1.165, 1.54) is 6.20 Å². The third-order valence-corrected chi connectivity index (χ3v) is 4.62. The van der Waals surface area contributed by atoms with Gasteiger partial charge < -0.3 is 36.1 Å². The number of carbonyl (C=O) groups is 2. The molecule has 1 aromatic heterocycles. The van der Waals surface area contributed by atoms with Gasteiger partial charge in [-0.2, -0.15) is 0 Å². The minimum absolute atomic E-state index is 0.132. The molecule has 160 valence electrons. The SMILES string of the molecule is CC(C)CC(NC(=O)[C@H](CN)NC(=O)c1ccc(N2CCOCC2)nc1)B(O)O. The monoisotopic (exact) mass is 407 g/mol. The molecule has 6 N–H and O–H groups in total. The normalized spacial score (nSPS) is 16.3. The number of amides is 2. The van der Waals surface area contributed by atoms with E-state index in [0.717, 1.165) is 18.9 Å². The number of morpholine rings is 1. The van der Waals surface area contributed by atoms with Crippen LogP contribution in [-0.2, 0) is 9.53 Å². The molecule has 0 saturated carbocycles. The van der Waals surface area contributed by atoms with Crippen LogP contribution in [0.2, 0.25) is 0 Å². The Kier molecular flexibility index (Phi) is 8.83. The number of pyridine rings is 1. The Bertz CT molecular complexity index is 667. The van der Waals surface area contributed by atoms with E-state index in [2.05, 4.69) is 20.5 Å². The molecule has 1 unspecified atom stereocenters. The molecule has 1 aromatic rings. The Morgan fingerprint density at radius 2 is 1.97 bits per heavy atom. The lowest BCUT2D eigenvalue weighted by Crippen LogP contribution is -2.56. The van der Waals surface area contributed by atoms with Crippen molar-refractivity contribution >= 4 is 24.8 Å². The van der Waals surface area contributed by atoms with Gasteiger partial charge in [0.15, 0.2) is 0 Å². The van der Waals surface area contributed by atoms with Crippen LogP contribution in [0, 0.1) is 5.92 Å². The molecule has 0 aromatic carbocycles. The minimum atomic E-state index is -1.70. The van der Waals surface area contributed by atoms with Crippen molar-refractivity contribution in [3.8, 4) is 0 Å². The highest BCUT2D eigenvalue weighted by atomic mass is 16.5. The molecule has 0 aliphatic carbocycles. The Hall–Kier alpha value is -2.21. The first kappa shape index (κ1) is 23.1. The molecule has 29 heavy (non-hydrogen) atoms. The van der Waals surface area contributed by atoms with Gasteiger partial charge in [0.1, 0.15) is 11.9 Å². The Labute approximate surface area is 171 Å². The van der Waals surface area contributed by atoms with Crippen LogP contribution < -0.4 is 21.3 Å². The first-order valence-electron chi connectivity index (χ1n) is 9.78. The molecule has 0 radical (unpaired) electrons. The second kappa shape index (κ2) is 11.1. The average molecular weight is 407 g/mol. The average Bonchev–Trinajstić information content (AvgIpc) is 2.71. The van der Waals surface area contributed by atoms with Crippen LogP contribution in [0.3, 0.4) is 0 Å². The molecule has 0 spiro atoms. The summed E-state index contributed by atoms with van der Waals surface area (Å²) in [6, 6.07) is 2.38. The maximum Gasteiger partial charge on any atom is 0.475 e. The number of anilines is 1. The number of rotatable bonds is 9. The van der Waals surface area contributed by atoms with Gasteiger partial charge in [-0.05, 0) is 24.5 Å². The van der Waals surface area contributed by atoms with E-state index in [4.69, 9.17) is 10.5 Å². The number of aromatic nitrogens is 1. The lowest BCUT2D eigenvalue weighted by molar-refractivity contribution is -0.123.